The van der Waals surface area contributed by atoms with Crippen molar-refractivity contribution in [3.8, 4) is 5.75 Å². The van der Waals surface area contributed by atoms with Gasteiger partial charge >= 0.3 is 0 Å². The largest absolute Gasteiger partial charge is 0.496 e. The van der Waals surface area contributed by atoms with Crippen LogP contribution in [0.1, 0.15) is 17.2 Å². The van der Waals surface area contributed by atoms with Gasteiger partial charge in [0.15, 0.2) is 0 Å². The molecule has 0 bridgehead atoms. The zero-order chi connectivity index (χ0) is 13.8. The van der Waals surface area contributed by atoms with E-state index in [1.165, 1.54) is 0 Å². The molecule has 2 rings (SSSR count). The fourth-order valence-corrected chi connectivity index (χ4v) is 2.84. The normalized spacial score (nSPS) is 12.2. The van der Waals surface area contributed by atoms with E-state index in [-0.39, 0.29) is 6.04 Å². The van der Waals surface area contributed by atoms with Crippen LogP contribution in [-0.2, 0) is 6.42 Å². The van der Waals surface area contributed by atoms with Crippen molar-refractivity contribution in [1.29, 1.82) is 0 Å². The van der Waals surface area contributed by atoms with Crippen LogP contribution in [0.15, 0.2) is 46.9 Å². The van der Waals surface area contributed by atoms with Gasteiger partial charge in [-0.25, -0.2) is 0 Å². The number of ether oxygens (including phenoxy) is 1. The van der Waals surface area contributed by atoms with Crippen LogP contribution < -0.4 is 10.5 Å². The molecule has 4 heteroatoms. The van der Waals surface area contributed by atoms with Crippen LogP contribution >= 0.6 is 27.5 Å². The number of benzene rings is 2. The Kier molecular flexibility index (Phi) is 4.86. The first-order chi connectivity index (χ1) is 9.11. The molecular weight excluding hydrogens is 326 g/mol. The first-order valence-corrected chi connectivity index (χ1v) is 7.11. The van der Waals surface area contributed by atoms with Gasteiger partial charge in [0.2, 0.25) is 0 Å². The van der Waals surface area contributed by atoms with E-state index in [4.69, 9.17) is 22.1 Å². The molecule has 0 fully saturated rings. The van der Waals surface area contributed by atoms with Gasteiger partial charge in [-0.3, -0.25) is 0 Å². The minimum absolute atomic E-state index is 0.117. The summed E-state index contributed by atoms with van der Waals surface area (Å²) in [5.41, 5.74) is 8.33. The Morgan fingerprint density at radius 3 is 2.63 bits per heavy atom. The van der Waals surface area contributed by atoms with Crippen molar-refractivity contribution in [3.05, 3.63) is 63.1 Å². The number of nitrogens with two attached hydrogens (primary N) is 1. The lowest BCUT2D eigenvalue weighted by Gasteiger charge is -2.14. The minimum atomic E-state index is -0.117. The maximum absolute atomic E-state index is 6.22. The second-order valence-electron chi connectivity index (χ2n) is 4.30. The van der Waals surface area contributed by atoms with Crippen LogP contribution in [0.3, 0.4) is 0 Å². The second-order valence-corrected chi connectivity index (χ2v) is 5.56. The van der Waals surface area contributed by atoms with E-state index < -0.39 is 0 Å². The van der Waals surface area contributed by atoms with E-state index in [9.17, 15) is 0 Å². The molecule has 0 saturated carbocycles. The Morgan fingerprint density at radius 1 is 1.26 bits per heavy atom. The highest BCUT2D eigenvalue weighted by molar-refractivity contribution is 9.10. The number of hydrogen-bond acceptors (Lipinski definition) is 2. The fourth-order valence-electron chi connectivity index (χ4n) is 1.98. The molecule has 0 aromatic heterocycles. The molecule has 2 N–H and O–H groups in total. The molecule has 1 unspecified atom stereocenters. The summed E-state index contributed by atoms with van der Waals surface area (Å²) >= 11 is 9.63. The third-order valence-electron chi connectivity index (χ3n) is 2.98. The molecule has 0 aliphatic heterocycles. The molecule has 0 amide bonds. The van der Waals surface area contributed by atoms with Crippen LogP contribution in [0.25, 0.3) is 0 Å². The van der Waals surface area contributed by atoms with Gasteiger partial charge in [-0.05, 0) is 51.7 Å². The summed E-state index contributed by atoms with van der Waals surface area (Å²) in [4.78, 5) is 0. The monoisotopic (exact) mass is 339 g/mol. The zero-order valence-electron chi connectivity index (χ0n) is 10.6. The molecule has 0 radical (unpaired) electrons. The standard InChI is InChI=1S/C15H15BrClNO/c1-19-15-7-6-10(8-12(15)16)9-14(18)11-4-2-3-5-13(11)17/h2-8,14H,9,18H2,1H3. The quantitative estimate of drug-likeness (QED) is 0.898. The van der Waals surface area contributed by atoms with Gasteiger partial charge in [-0.1, -0.05) is 35.9 Å². The molecule has 0 saturated heterocycles. The predicted octanol–water partition coefficient (Wildman–Crippen LogP) is 4.35. The number of hydrogen-bond donors (Lipinski definition) is 1. The molecule has 2 aromatic carbocycles. The van der Waals surface area contributed by atoms with E-state index in [0.717, 1.165) is 27.8 Å². The Morgan fingerprint density at radius 2 is 2.00 bits per heavy atom. The van der Waals surface area contributed by atoms with Crippen molar-refractivity contribution in [2.45, 2.75) is 12.5 Å². The van der Waals surface area contributed by atoms with Crippen LogP contribution in [0, 0.1) is 0 Å². The summed E-state index contributed by atoms with van der Waals surface area (Å²) in [6.45, 7) is 0. The van der Waals surface area contributed by atoms with Gasteiger partial charge in [0.05, 0.1) is 11.6 Å². The van der Waals surface area contributed by atoms with Crippen LogP contribution in [0.5, 0.6) is 5.75 Å². The summed E-state index contributed by atoms with van der Waals surface area (Å²) in [6, 6.07) is 13.5. The lowest BCUT2D eigenvalue weighted by atomic mass is 9.99. The third-order valence-corrected chi connectivity index (χ3v) is 3.94. The Balaban J connectivity index is 2.17. The zero-order valence-corrected chi connectivity index (χ0v) is 12.9. The average molecular weight is 341 g/mol. The summed E-state index contributed by atoms with van der Waals surface area (Å²) in [7, 11) is 1.65. The molecule has 0 aliphatic rings. The molecule has 0 spiro atoms. The van der Waals surface area contributed by atoms with Gasteiger partial charge in [0, 0.05) is 11.1 Å². The lowest BCUT2D eigenvalue weighted by molar-refractivity contribution is 0.412. The van der Waals surface area contributed by atoms with Crippen molar-refractivity contribution in [2.24, 2.45) is 5.73 Å². The summed E-state index contributed by atoms with van der Waals surface area (Å²) in [5, 5.41) is 0.711. The Bertz CT molecular complexity index is 574. The van der Waals surface area contributed by atoms with Gasteiger partial charge in [0.1, 0.15) is 5.75 Å². The predicted molar refractivity (Wildman–Crippen MR) is 82.8 cm³/mol. The van der Waals surface area contributed by atoms with E-state index >= 15 is 0 Å². The second kappa shape index (κ2) is 6.42. The molecular formula is C15H15BrClNO. The lowest BCUT2D eigenvalue weighted by Crippen LogP contribution is -2.13. The molecule has 100 valence electrons. The Labute approximate surface area is 126 Å². The van der Waals surface area contributed by atoms with E-state index in [0.29, 0.717) is 5.02 Å². The van der Waals surface area contributed by atoms with Crippen molar-refractivity contribution in [3.63, 3.8) is 0 Å². The van der Waals surface area contributed by atoms with Crippen molar-refractivity contribution >= 4 is 27.5 Å². The van der Waals surface area contributed by atoms with Crippen LogP contribution in [0.4, 0.5) is 0 Å². The molecule has 2 nitrogen and oxygen atoms in total. The van der Waals surface area contributed by atoms with Crippen molar-refractivity contribution < 1.29 is 4.74 Å². The topological polar surface area (TPSA) is 35.2 Å². The van der Waals surface area contributed by atoms with E-state index in [1.807, 2.05) is 42.5 Å². The molecule has 1 atom stereocenters. The fraction of sp³-hybridized carbons (Fsp3) is 0.200. The first kappa shape index (κ1) is 14.4. The van der Waals surface area contributed by atoms with Crippen molar-refractivity contribution in [2.75, 3.05) is 7.11 Å². The SMILES string of the molecule is COc1ccc(CC(N)c2ccccc2Cl)cc1Br. The number of rotatable bonds is 4. The Hall–Kier alpha value is -1.03. The highest BCUT2D eigenvalue weighted by Gasteiger charge is 2.11. The average Bonchev–Trinajstić information content (AvgIpc) is 2.39. The minimum Gasteiger partial charge on any atom is -0.496 e. The molecule has 0 aliphatic carbocycles. The number of halogens is 2. The number of methoxy groups -OCH3 is 1. The summed E-state index contributed by atoms with van der Waals surface area (Å²) in [6.07, 6.45) is 0.728. The first-order valence-electron chi connectivity index (χ1n) is 5.94. The van der Waals surface area contributed by atoms with E-state index in [1.54, 1.807) is 7.11 Å². The van der Waals surface area contributed by atoms with Gasteiger partial charge in [-0.15, -0.1) is 0 Å². The molecule has 0 heterocycles. The molecule has 2 aromatic rings. The van der Waals surface area contributed by atoms with Crippen molar-refractivity contribution in [1.82, 2.24) is 0 Å². The highest BCUT2D eigenvalue weighted by Crippen LogP contribution is 2.28. The van der Waals surface area contributed by atoms with Gasteiger partial charge in [-0.2, -0.15) is 0 Å². The maximum Gasteiger partial charge on any atom is 0.133 e. The van der Waals surface area contributed by atoms with Gasteiger partial charge in [0.25, 0.3) is 0 Å². The summed E-state index contributed by atoms with van der Waals surface area (Å²) < 4.78 is 6.14. The third kappa shape index (κ3) is 3.50. The van der Waals surface area contributed by atoms with Crippen LogP contribution in [0.2, 0.25) is 5.02 Å². The smallest absolute Gasteiger partial charge is 0.133 e. The van der Waals surface area contributed by atoms with E-state index in [2.05, 4.69) is 15.9 Å². The van der Waals surface area contributed by atoms with Crippen LogP contribution in [-0.4, -0.2) is 7.11 Å². The maximum atomic E-state index is 6.22. The summed E-state index contributed by atoms with van der Waals surface area (Å²) in [5.74, 6) is 0.815. The van der Waals surface area contributed by atoms with Gasteiger partial charge < -0.3 is 10.5 Å². The highest BCUT2D eigenvalue weighted by atomic mass is 79.9. The molecule has 19 heavy (non-hydrogen) atoms.